The summed E-state index contributed by atoms with van der Waals surface area (Å²) in [4.78, 5) is 3.69. The van der Waals surface area contributed by atoms with Crippen molar-refractivity contribution in [2.24, 2.45) is 12.8 Å². The van der Waals surface area contributed by atoms with Crippen molar-refractivity contribution in [2.45, 2.75) is 12.2 Å². The van der Waals surface area contributed by atoms with Crippen LogP contribution in [-0.2, 0) is 13.2 Å². The van der Waals surface area contributed by atoms with Gasteiger partial charge in [-0.25, -0.2) is 4.98 Å². The van der Waals surface area contributed by atoms with Gasteiger partial charge >= 0.3 is 6.18 Å². The van der Waals surface area contributed by atoms with Crippen LogP contribution < -0.4 is 5.73 Å². The first-order valence-electron chi connectivity index (χ1n) is 4.66. The Morgan fingerprint density at radius 1 is 1.47 bits per heavy atom. The summed E-state index contributed by atoms with van der Waals surface area (Å²) < 4.78 is 38.7. The van der Waals surface area contributed by atoms with Gasteiger partial charge in [-0.2, -0.15) is 18.3 Å². The minimum absolute atomic E-state index is 0.362. The van der Waals surface area contributed by atoms with Crippen molar-refractivity contribution in [3.8, 4) is 0 Å². The molecule has 1 atom stereocenters. The third-order valence-electron chi connectivity index (χ3n) is 2.25. The van der Waals surface area contributed by atoms with E-state index in [-0.39, 0.29) is 0 Å². The smallest absolute Gasteiger partial charge is 0.318 e. The number of rotatable bonds is 2. The Morgan fingerprint density at radius 3 is 2.65 bits per heavy atom. The number of aromatic nitrogens is 3. The van der Waals surface area contributed by atoms with Crippen molar-refractivity contribution in [1.82, 2.24) is 14.8 Å². The quantitative estimate of drug-likeness (QED) is 0.899. The zero-order valence-electron chi connectivity index (χ0n) is 8.77. The summed E-state index contributed by atoms with van der Waals surface area (Å²) in [5.74, 6) is 0. The Bertz CT molecular complexity index is 516. The molecule has 0 bridgehead atoms. The van der Waals surface area contributed by atoms with E-state index in [1.807, 2.05) is 0 Å². The molecule has 2 heterocycles. The number of thiazole rings is 1. The molecule has 92 valence electrons. The average Bonchev–Trinajstić information content (AvgIpc) is 2.83. The van der Waals surface area contributed by atoms with Crippen LogP contribution in [0.5, 0.6) is 0 Å². The van der Waals surface area contributed by atoms with Gasteiger partial charge in [0, 0.05) is 24.3 Å². The first-order valence-corrected chi connectivity index (χ1v) is 5.47. The lowest BCUT2D eigenvalue weighted by Crippen LogP contribution is -2.14. The number of halogens is 3. The van der Waals surface area contributed by atoms with Crippen LogP contribution in [0.1, 0.15) is 21.6 Å². The normalized spacial score (nSPS) is 13.9. The highest BCUT2D eigenvalue weighted by molar-refractivity contribution is 7.11. The molecule has 8 heteroatoms. The van der Waals surface area contributed by atoms with E-state index >= 15 is 0 Å². The lowest BCUT2D eigenvalue weighted by molar-refractivity contribution is -0.137. The largest absolute Gasteiger partial charge is 0.443 e. The Hall–Kier alpha value is -1.41. The molecule has 0 amide bonds. The Balaban J connectivity index is 2.30. The average molecular weight is 262 g/mol. The van der Waals surface area contributed by atoms with E-state index in [1.165, 1.54) is 4.68 Å². The summed E-state index contributed by atoms with van der Waals surface area (Å²) in [5.41, 5.74) is 6.50. The minimum atomic E-state index is -4.42. The van der Waals surface area contributed by atoms with E-state index in [4.69, 9.17) is 5.73 Å². The molecule has 0 aromatic carbocycles. The molecular formula is C9H9F3N4S. The SMILES string of the molecule is Cn1nccc1C(N)c1cnc(C(F)(F)F)s1. The highest BCUT2D eigenvalue weighted by atomic mass is 32.1. The highest BCUT2D eigenvalue weighted by Crippen LogP contribution is 2.35. The number of hydrogen-bond acceptors (Lipinski definition) is 4. The Kier molecular flexibility index (Phi) is 2.92. The zero-order valence-corrected chi connectivity index (χ0v) is 9.59. The van der Waals surface area contributed by atoms with Crippen LogP contribution in [-0.4, -0.2) is 14.8 Å². The van der Waals surface area contributed by atoms with E-state index in [0.29, 0.717) is 21.9 Å². The zero-order chi connectivity index (χ0) is 12.6. The maximum absolute atomic E-state index is 12.4. The molecule has 0 aliphatic heterocycles. The maximum atomic E-state index is 12.4. The highest BCUT2D eigenvalue weighted by Gasteiger charge is 2.35. The van der Waals surface area contributed by atoms with Crippen molar-refractivity contribution >= 4 is 11.3 Å². The third-order valence-corrected chi connectivity index (χ3v) is 3.38. The second-order valence-corrected chi connectivity index (χ2v) is 4.49. The monoisotopic (exact) mass is 262 g/mol. The molecule has 0 saturated carbocycles. The molecule has 1 unspecified atom stereocenters. The first kappa shape index (κ1) is 12.1. The predicted molar refractivity (Wildman–Crippen MR) is 56.4 cm³/mol. The molecule has 2 aromatic rings. The van der Waals surface area contributed by atoms with E-state index < -0.39 is 17.2 Å². The molecule has 2 aromatic heterocycles. The fraction of sp³-hybridized carbons (Fsp3) is 0.333. The second-order valence-electron chi connectivity index (χ2n) is 3.42. The van der Waals surface area contributed by atoms with Crippen molar-refractivity contribution in [3.05, 3.63) is 34.0 Å². The molecule has 0 aliphatic carbocycles. The van der Waals surface area contributed by atoms with Gasteiger partial charge in [0.1, 0.15) is 0 Å². The number of nitrogens with zero attached hydrogens (tertiary/aromatic N) is 3. The van der Waals surface area contributed by atoms with Crippen LogP contribution in [0.4, 0.5) is 13.2 Å². The summed E-state index contributed by atoms with van der Waals surface area (Å²) in [6, 6.07) is 1.02. The number of aryl methyl sites for hydroxylation is 1. The lowest BCUT2D eigenvalue weighted by Gasteiger charge is -2.09. The lowest BCUT2D eigenvalue weighted by atomic mass is 10.2. The number of alkyl halides is 3. The van der Waals surface area contributed by atoms with Crippen molar-refractivity contribution in [1.29, 1.82) is 0 Å². The predicted octanol–water partition coefficient (Wildman–Crippen LogP) is 1.94. The van der Waals surface area contributed by atoms with Gasteiger partial charge in [0.05, 0.1) is 11.7 Å². The van der Waals surface area contributed by atoms with E-state index in [9.17, 15) is 13.2 Å². The van der Waals surface area contributed by atoms with Gasteiger partial charge in [0.15, 0.2) is 5.01 Å². The molecule has 4 nitrogen and oxygen atoms in total. The molecule has 0 aliphatic rings. The Labute approximate surface area is 98.9 Å². The molecule has 0 spiro atoms. The summed E-state index contributed by atoms with van der Waals surface area (Å²) >= 11 is 0.553. The van der Waals surface area contributed by atoms with Gasteiger partial charge in [0.25, 0.3) is 0 Å². The summed E-state index contributed by atoms with van der Waals surface area (Å²) in [7, 11) is 1.68. The number of hydrogen-bond donors (Lipinski definition) is 1. The van der Waals surface area contributed by atoms with Crippen LogP contribution >= 0.6 is 11.3 Å². The second kappa shape index (κ2) is 4.11. The van der Waals surface area contributed by atoms with Crippen LogP contribution in [0, 0.1) is 0 Å². The maximum Gasteiger partial charge on any atom is 0.443 e. The van der Waals surface area contributed by atoms with Gasteiger partial charge in [0.2, 0.25) is 0 Å². The van der Waals surface area contributed by atoms with Gasteiger partial charge < -0.3 is 5.73 Å². The van der Waals surface area contributed by atoms with Crippen molar-refractivity contribution in [3.63, 3.8) is 0 Å². The third kappa shape index (κ3) is 2.32. The van der Waals surface area contributed by atoms with Crippen LogP contribution in [0.15, 0.2) is 18.5 Å². The van der Waals surface area contributed by atoms with Gasteiger partial charge in [-0.3, -0.25) is 4.68 Å². The van der Waals surface area contributed by atoms with Crippen LogP contribution in [0.2, 0.25) is 0 Å². The molecule has 0 saturated heterocycles. The van der Waals surface area contributed by atoms with Crippen LogP contribution in [0.3, 0.4) is 0 Å². The molecule has 2 N–H and O–H groups in total. The van der Waals surface area contributed by atoms with Gasteiger partial charge in [-0.1, -0.05) is 0 Å². The standard InChI is InChI=1S/C9H9F3N4S/c1-16-5(2-3-15-16)7(13)6-4-14-8(17-6)9(10,11)12/h2-4,7H,13H2,1H3. The van der Waals surface area contributed by atoms with Crippen molar-refractivity contribution < 1.29 is 13.2 Å². The Morgan fingerprint density at radius 2 is 2.18 bits per heavy atom. The van der Waals surface area contributed by atoms with Gasteiger partial charge in [-0.15, -0.1) is 11.3 Å². The minimum Gasteiger partial charge on any atom is -0.318 e. The van der Waals surface area contributed by atoms with Crippen LogP contribution in [0.25, 0.3) is 0 Å². The van der Waals surface area contributed by atoms with Gasteiger partial charge in [-0.05, 0) is 6.07 Å². The van der Waals surface area contributed by atoms with E-state index in [0.717, 1.165) is 6.20 Å². The summed E-state index contributed by atoms with van der Waals surface area (Å²) in [6.45, 7) is 0. The summed E-state index contributed by atoms with van der Waals surface area (Å²) in [5, 5.41) is 3.03. The molecule has 0 radical (unpaired) electrons. The molecule has 2 rings (SSSR count). The topological polar surface area (TPSA) is 56.7 Å². The van der Waals surface area contributed by atoms with Crippen molar-refractivity contribution in [2.75, 3.05) is 0 Å². The molecule has 17 heavy (non-hydrogen) atoms. The first-order chi connectivity index (χ1) is 7.89. The fourth-order valence-electron chi connectivity index (χ4n) is 1.40. The van der Waals surface area contributed by atoms with E-state index in [2.05, 4.69) is 10.1 Å². The molecule has 0 fully saturated rings. The molecular weight excluding hydrogens is 253 g/mol. The number of nitrogens with two attached hydrogens (primary N) is 1. The fourth-order valence-corrected chi connectivity index (χ4v) is 2.19. The summed E-state index contributed by atoms with van der Waals surface area (Å²) in [6.07, 6.45) is -1.72. The van der Waals surface area contributed by atoms with E-state index in [1.54, 1.807) is 19.3 Å².